The van der Waals surface area contributed by atoms with Crippen LogP contribution in [0.2, 0.25) is 0 Å². The molecule has 0 heterocycles. The molecule has 7 heteroatoms. The Bertz CT molecular complexity index is 1180. The smallest absolute Gasteiger partial charge is 0.193 e. The second kappa shape index (κ2) is 17.7. The standard InChI is InChI=1S/C36H54O7/c1-23(2)18-39-29-16-28(35(33(17-29)38-11)42-21-26(7)8)12-13-30(37)34-31(40-19-24(3)4)14-15-32(41-20-25(5)6)36(34)43-22-27(9)10/h12-17,23-27H,18-22H2,1-11H3/b13-12+. The van der Waals surface area contributed by atoms with E-state index in [1.54, 1.807) is 19.3 Å². The van der Waals surface area contributed by atoms with Gasteiger partial charge in [-0.05, 0) is 59.9 Å². The van der Waals surface area contributed by atoms with Crippen molar-refractivity contribution in [3.05, 3.63) is 41.5 Å². The molecule has 0 atom stereocenters. The summed E-state index contributed by atoms with van der Waals surface area (Å²) < 4.78 is 36.4. The molecular formula is C36H54O7. The fourth-order valence-corrected chi connectivity index (χ4v) is 3.79. The number of rotatable bonds is 19. The van der Waals surface area contributed by atoms with Crippen LogP contribution in [0.15, 0.2) is 30.3 Å². The topological polar surface area (TPSA) is 72.5 Å². The molecule has 7 nitrogen and oxygen atoms in total. The molecule has 0 radical (unpaired) electrons. The molecule has 0 aliphatic heterocycles. The molecule has 0 saturated heterocycles. The molecule has 2 aromatic carbocycles. The van der Waals surface area contributed by atoms with Gasteiger partial charge in [-0.3, -0.25) is 4.79 Å². The van der Waals surface area contributed by atoms with Gasteiger partial charge in [0, 0.05) is 11.6 Å². The number of carbonyl (C=O) groups is 1. The van der Waals surface area contributed by atoms with Gasteiger partial charge in [-0.1, -0.05) is 69.2 Å². The first-order valence-electron chi connectivity index (χ1n) is 15.6. The Hall–Kier alpha value is -3.35. The molecule has 2 rings (SSSR count). The number of hydrogen-bond donors (Lipinski definition) is 0. The molecule has 2 aromatic rings. The number of benzene rings is 2. The Kier molecular flexibility index (Phi) is 14.7. The molecule has 0 amide bonds. The third kappa shape index (κ3) is 12.0. The van der Waals surface area contributed by atoms with Crippen molar-refractivity contribution >= 4 is 11.9 Å². The van der Waals surface area contributed by atoms with Gasteiger partial charge in [-0.15, -0.1) is 0 Å². The van der Waals surface area contributed by atoms with Crippen LogP contribution in [0.1, 0.15) is 85.2 Å². The zero-order valence-corrected chi connectivity index (χ0v) is 28.2. The van der Waals surface area contributed by atoms with Crippen molar-refractivity contribution in [2.45, 2.75) is 69.2 Å². The first kappa shape index (κ1) is 35.8. The van der Waals surface area contributed by atoms with Crippen molar-refractivity contribution in [2.75, 3.05) is 40.1 Å². The molecule has 43 heavy (non-hydrogen) atoms. The van der Waals surface area contributed by atoms with Gasteiger partial charge in [0.05, 0.1) is 40.1 Å². The van der Waals surface area contributed by atoms with Crippen LogP contribution in [0.4, 0.5) is 0 Å². The number of ketones is 1. The Morgan fingerprint density at radius 1 is 0.605 bits per heavy atom. The van der Waals surface area contributed by atoms with Crippen LogP contribution in [-0.4, -0.2) is 45.9 Å². The van der Waals surface area contributed by atoms with Gasteiger partial charge >= 0.3 is 0 Å². The highest BCUT2D eigenvalue weighted by Crippen LogP contribution is 2.41. The van der Waals surface area contributed by atoms with Crippen molar-refractivity contribution in [1.82, 2.24) is 0 Å². The lowest BCUT2D eigenvalue weighted by atomic mass is 10.0. The van der Waals surface area contributed by atoms with Crippen LogP contribution in [0.5, 0.6) is 34.5 Å². The van der Waals surface area contributed by atoms with Crippen molar-refractivity contribution in [3.8, 4) is 34.5 Å². The van der Waals surface area contributed by atoms with E-state index in [0.717, 1.165) is 0 Å². The lowest BCUT2D eigenvalue weighted by Gasteiger charge is -2.20. The van der Waals surface area contributed by atoms with E-state index in [2.05, 4.69) is 69.2 Å². The highest BCUT2D eigenvalue weighted by molar-refractivity contribution is 6.11. The summed E-state index contributed by atoms with van der Waals surface area (Å²) in [7, 11) is 1.60. The van der Waals surface area contributed by atoms with E-state index in [1.807, 2.05) is 18.2 Å². The number of ether oxygens (including phenoxy) is 6. The summed E-state index contributed by atoms with van der Waals surface area (Å²) in [5.74, 6) is 4.32. The SMILES string of the molecule is COc1cc(OCC(C)C)cc(/C=C/C(=O)c2c(OCC(C)C)ccc(OCC(C)C)c2OCC(C)C)c1OCC(C)C. The van der Waals surface area contributed by atoms with Gasteiger partial charge in [0.2, 0.25) is 0 Å². The summed E-state index contributed by atoms with van der Waals surface area (Å²) in [5, 5.41) is 0. The summed E-state index contributed by atoms with van der Waals surface area (Å²) in [6.45, 7) is 23.2. The van der Waals surface area contributed by atoms with Crippen LogP contribution in [0.25, 0.3) is 6.08 Å². The maximum Gasteiger partial charge on any atom is 0.193 e. The Labute approximate surface area is 259 Å². The molecule has 0 aromatic heterocycles. The van der Waals surface area contributed by atoms with Gasteiger partial charge in [0.1, 0.15) is 17.1 Å². The van der Waals surface area contributed by atoms with E-state index in [0.29, 0.717) is 96.4 Å². The van der Waals surface area contributed by atoms with E-state index in [1.165, 1.54) is 6.08 Å². The predicted molar refractivity (Wildman–Crippen MR) is 174 cm³/mol. The van der Waals surface area contributed by atoms with E-state index < -0.39 is 0 Å². The zero-order valence-electron chi connectivity index (χ0n) is 28.2. The second-order valence-electron chi connectivity index (χ2n) is 13.0. The number of hydrogen-bond acceptors (Lipinski definition) is 7. The molecular weight excluding hydrogens is 544 g/mol. The molecule has 0 saturated carbocycles. The van der Waals surface area contributed by atoms with Crippen molar-refractivity contribution in [1.29, 1.82) is 0 Å². The van der Waals surface area contributed by atoms with E-state index in [-0.39, 0.29) is 17.6 Å². The lowest BCUT2D eigenvalue weighted by Crippen LogP contribution is -2.14. The molecule has 0 fully saturated rings. The fraction of sp³-hybridized carbons (Fsp3) is 0.583. The Balaban J connectivity index is 2.66. The van der Waals surface area contributed by atoms with Crippen molar-refractivity contribution < 1.29 is 33.2 Å². The van der Waals surface area contributed by atoms with Crippen LogP contribution in [-0.2, 0) is 0 Å². The minimum absolute atomic E-state index is 0.249. The monoisotopic (exact) mass is 598 g/mol. The lowest BCUT2D eigenvalue weighted by molar-refractivity contribution is 0.103. The third-order valence-electron chi connectivity index (χ3n) is 5.87. The zero-order chi connectivity index (χ0) is 32.1. The van der Waals surface area contributed by atoms with Gasteiger partial charge in [0.25, 0.3) is 0 Å². The molecule has 0 N–H and O–H groups in total. The van der Waals surface area contributed by atoms with Gasteiger partial charge in [-0.25, -0.2) is 0 Å². The summed E-state index contributed by atoms with van der Waals surface area (Å²) in [5.41, 5.74) is 1.01. The van der Waals surface area contributed by atoms with E-state index in [9.17, 15) is 4.79 Å². The van der Waals surface area contributed by atoms with Crippen LogP contribution < -0.4 is 28.4 Å². The largest absolute Gasteiger partial charge is 0.493 e. The Morgan fingerprint density at radius 3 is 1.60 bits per heavy atom. The van der Waals surface area contributed by atoms with E-state index >= 15 is 0 Å². The average molecular weight is 599 g/mol. The van der Waals surface area contributed by atoms with Gasteiger partial charge in [-0.2, -0.15) is 0 Å². The summed E-state index contributed by atoms with van der Waals surface area (Å²) >= 11 is 0. The predicted octanol–water partition coefficient (Wildman–Crippen LogP) is 8.77. The van der Waals surface area contributed by atoms with Gasteiger partial charge < -0.3 is 28.4 Å². The molecule has 240 valence electrons. The number of allylic oxidation sites excluding steroid dienone is 1. The van der Waals surface area contributed by atoms with Crippen LogP contribution >= 0.6 is 0 Å². The normalized spacial score (nSPS) is 11.7. The highest BCUT2D eigenvalue weighted by atomic mass is 16.5. The second-order valence-corrected chi connectivity index (χ2v) is 13.0. The molecule has 0 aliphatic rings. The summed E-state index contributed by atoms with van der Waals surface area (Å²) in [6, 6.07) is 7.32. The maximum absolute atomic E-state index is 14.1. The average Bonchev–Trinajstić information content (AvgIpc) is 2.94. The summed E-state index contributed by atoms with van der Waals surface area (Å²) in [6.07, 6.45) is 3.26. The minimum Gasteiger partial charge on any atom is -0.493 e. The Morgan fingerprint density at radius 2 is 1.07 bits per heavy atom. The summed E-state index contributed by atoms with van der Waals surface area (Å²) in [4.78, 5) is 14.1. The molecule has 0 spiro atoms. The molecule has 0 unspecified atom stereocenters. The number of carbonyl (C=O) groups excluding carboxylic acids is 1. The fourth-order valence-electron chi connectivity index (χ4n) is 3.79. The van der Waals surface area contributed by atoms with Crippen LogP contribution in [0.3, 0.4) is 0 Å². The molecule has 0 aliphatic carbocycles. The van der Waals surface area contributed by atoms with Crippen LogP contribution in [0, 0.1) is 29.6 Å². The van der Waals surface area contributed by atoms with Crippen molar-refractivity contribution in [3.63, 3.8) is 0 Å². The first-order valence-corrected chi connectivity index (χ1v) is 15.6. The maximum atomic E-state index is 14.1. The molecule has 0 bridgehead atoms. The van der Waals surface area contributed by atoms with Gasteiger partial charge in [0.15, 0.2) is 28.8 Å². The quantitative estimate of drug-likeness (QED) is 0.118. The third-order valence-corrected chi connectivity index (χ3v) is 5.87. The first-order chi connectivity index (χ1) is 20.3. The van der Waals surface area contributed by atoms with E-state index in [4.69, 9.17) is 28.4 Å². The van der Waals surface area contributed by atoms with Crippen molar-refractivity contribution in [2.24, 2.45) is 29.6 Å². The highest BCUT2D eigenvalue weighted by Gasteiger charge is 2.24. The number of methoxy groups -OCH3 is 1. The minimum atomic E-state index is -0.269.